The summed E-state index contributed by atoms with van der Waals surface area (Å²) in [5.74, 6) is -13.4. The molecule has 0 radical (unpaired) electrons. The summed E-state index contributed by atoms with van der Waals surface area (Å²) in [4.78, 5) is 137. The summed E-state index contributed by atoms with van der Waals surface area (Å²) in [7, 11) is 0. The minimum absolute atomic E-state index is 0.0784. The second-order valence-corrected chi connectivity index (χ2v) is 14.6. The number of carboxylic acids is 2. The summed E-state index contributed by atoms with van der Waals surface area (Å²) in [6.45, 7) is 6.05. The first-order valence-electron chi connectivity index (χ1n) is 19.1. The van der Waals surface area contributed by atoms with Crippen LogP contribution in [0.1, 0.15) is 67.2 Å². The van der Waals surface area contributed by atoms with Gasteiger partial charge >= 0.3 is 11.9 Å². The lowest BCUT2D eigenvalue weighted by atomic mass is 9.97. The number of nitrogens with one attached hydrogen (secondary N) is 8. The molecule has 0 aliphatic carbocycles. The number of rotatable bonds is 28. The number of carbonyl (C=O) groups is 11. The lowest BCUT2D eigenvalue weighted by Gasteiger charge is -2.28. The molecule has 0 aliphatic heterocycles. The largest absolute Gasteiger partial charge is 0.481 e. The Morgan fingerprint density at radius 1 is 0.574 bits per heavy atom. The molecule has 0 fully saturated rings. The van der Waals surface area contributed by atoms with Crippen LogP contribution in [0.2, 0.25) is 0 Å². The molecule has 0 saturated carbocycles. The topological polar surface area (TPSA) is 437 Å². The normalized spacial score (nSPS) is 15.9. The second-order valence-electron chi connectivity index (χ2n) is 14.6. The number of hydrogen-bond acceptors (Lipinski definition) is 15. The quantitative estimate of drug-likeness (QED) is 0.0347. The maximum atomic E-state index is 13.5. The van der Waals surface area contributed by atoms with Crippen LogP contribution >= 0.6 is 0 Å². The zero-order chi connectivity index (χ0) is 47.3. The number of aliphatic carboxylic acids is 2. The number of aliphatic hydroxyl groups is 3. The Labute approximate surface area is 350 Å². The summed E-state index contributed by atoms with van der Waals surface area (Å²) >= 11 is 0. The SMILES string of the molecule is CC[C@H](C)[C@H](NC(=O)[C@H](CO)NC(=O)[C@H](CC(=O)O)NC(=O)[C@H](CC(C)C)NC(=O)[C@H](C)NC(=O)CNC(=O)[C@@H](NC(=O)[C@@H](N)CC(N)=O)[C@@H](C)O)C(=O)N[C@@H](CO)C(=O)O. The monoisotopic (exact) mass is 876 g/mol. The molecule has 346 valence electrons. The van der Waals surface area contributed by atoms with Gasteiger partial charge in [0.05, 0.1) is 44.7 Å². The zero-order valence-electron chi connectivity index (χ0n) is 34.7. The summed E-state index contributed by atoms with van der Waals surface area (Å²) in [6.07, 6.45) is -2.89. The van der Waals surface area contributed by atoms with Gasteiger partial charge in [0.2, 0.25) is 53.2 Å². The minimum atomic E-state index is -1.90. The molecule has 17 N–H and O–H groups in total. The Morgan fingerprint density at radius 2 is 1.07 bits per heavy atom. The Kier molecular flexibility index (Phi) is 24.3. The number of carboxylic acid groups (broad SMARTS) is 2. The maximum absolute atomic E-state index is 13.5. The van der Waals surface area contributed by atoms with E-state index in [1.807, 2.05) is 0 Å². The molecule has 0 aliphatic rings. The smallest absolute Gasteiger partial charge is 0.328 e. The van der Waals surface area contributed by atoms with Crippen molar-refractivity contribution in [1.29, 1.82) is 0 Å². The maximum Gasteiger partial charge on any atom is 0.328 e. The third-order valence-corrected chi connectivity index (χ3v) is 8.77. The minimum Gasteiger partial charge on any atom is -0.481 e. The highest BCUT2D eigenvalue weighted by molar-refractivity contribution is 5.98. The molecule has 0 saturated heterocycles. The molecule has 9 amide bonds. The number of nitrogens with two attached hydrogens (primary N) is 2. The molecular weight excluding hydrogens is 816 g/mol. The van der Waals surface area contributed by atoms with E-state index in [0.717, 1.165) is 6.92 Å². The molecule has 0 unspecified atom stereocenters. The lowest BCUT2D eigenvalue weighted by Crippen LogP contribution is -2.61. The molecule has 26 heteroatoms. The van der Waals surface area contributed by atoms with Crippen molar-refractivity contribution in [2.24, 2.45) is 23.3 Å². The summed E-state index contributed by atoms with van der Waals surface area (Å²) in [6, 6.07) is -12.7. The van der Waals surface area contributed by atoms with Crippen LogP contribution in [0.15, 0.2) is 0 Å². The van der Waals surface area contributed by atoms with Gasteiger partial charge in [-0.2, -0.15) is 0 Å². The van der Waals surface area contributed by atoms with Crippen LogP contribution in [0.3, 0.4) is 0 Å². The van der Waals surface area contributed by atoms with Crippen molar-refractivity contribution in [2.45, 2.75) is 122 Å². The van der Waals surface area contributed by atoms with E-state index in [4.69, 9.17) is 11.5 Å². The van der Waals surface area contributed by atoms with E-state index in [-0.39, 0.29) is 18.8 Å². The lowest BCUT2D eigenvalue weighted by molar-refractivity contribution is -0.143. The van der Waals surface area contributed by atoms with Crippen LogP contribution in [0.4, 0.5) is 0 Å². The van der Waals surface area contributed by atoms with E-state index in [9.17, 15) is 78.3 Å². The van der Waals surface area contributed by atoms with Crippen molar-refractivity contribution < 1.29 is 78.3 Å². The van der Waals surface area contributed by atoms with E-state index >= 15 is 0 Å². The average molecular weight is 877 g/mol. The highest BCUT2D eigenvalue weighted by Gasteiger charge is 2.35. The van der Waals surface area contributed by atoms with Crippen LogP contribution < -0.4 is 54.0 Å². The van der Waals surface area contributed by atoms with E-state index in [2.05, 4.69) is 42.5 Å². The first kappa shape index (κ1) is 55.0. The summed E-state index contributed by atoms with van der Waals surface area (Å²) in [5.41, 5.74) is 10.6. The van der Waals surface area contributed by atoms with Crippen LogP contribution in [-0.2, 0) is 52.7 Å². The van der Waals surface area contributed by atoms with E-state index in [1.165, 1.54) is 13.8 Å². The van der Waals surface area contributed by atoms with Gasteiger partial charge in [-0.05, 0) is 32.1 Å². The van der Waals surface area contributed by atoms with Crippen molar-refractivity contribution in [3.63, 3.8) is 0 Å². The average Bonchev–Trinajstić information content (AvgIpc) is 3.16. The summed E-state index contributed by atoms with van der Waals surface area (Å²) in [5, 5.41) is 65.5. The fraction of sp³-hybridized carbons (Fsp3) is 0.686. The second kappa shape index (κ2) is 27.0. The Morgan fingerprint density at radius 3 is 1.54 bits per heavy atom. The molecular formula is C35H60N10O16. The standard InChI is InChI=1S/C35H60N10O16/c1-7-15(4)26(34(59)43-22(13-47)35(60)61)44-32(57)21(12-46)42-31(56)20(10-25(51)52)41-30(55)19(8-14(2)3)40-28(53)16(5)39-24(50)11-38-33(58)27(17(6)48)45-29(54)18(36)9-23(37)49/h14-22,26-27,46-48H,7-13,36H2,1-6H3,(H2,37,49)(H,38,58)(H,39,50)(H,40,53)(H,41,55)(H,42,56)(H,43,59)(H,44,57)(H,45,54)(H,51,52)(H,60,61)/t15-,16-,17+,18-,19-,20-,21-,22-,26-,27-/m0/s1. The molecule has 0 bridgehead atoms. The van der Waals surface area contributed by atoms with Crippen LogP contribution in [0, 0.1) is 11.8 Å². The van der Waals surface area contributed by atoms with Crippen molar-refractivity contribution in [3.8, 4) is 0 Å². The Balaban J connectivity index is 5.83. The molecule has 0 aromatic carbocycles. The van der Waals surface area contributed by atoms with E-state index < -0.39 is 158 Å². The zero-order valence-corrected chi connectivity index (χ0v) is 34.7. The summed E-state index contributed by atoms with van der Waals surface area (Å²) < 4.78 is 0. The van der Waals surface area contributed by atoms with Gasteiger partial charge in [-0.15, -0.1) is 0 Å². The van der Waals surface area contributed by atoms with Crippen molar-refractivity contribution in [2.75, 3.05) is 19.8 Å². The van der Waals surface area contributed by atoms with Crippen molar-refractivity contribution in [3.05, 3.63) is 0 Å². The van der Waals surface area contributed by atoms with E-state index in [0.29, 0.717) is 0 Å². The van der Waals surface area contributed by atoms with Crippen molar-refractivity contribution >= 4 is 65.1 Å². The molecule has 10 atom stereocenters. The van der Waals surface area contributed by atoms with Crippen molar-refractivity contribution in [1.82, 2.24) is 42.5 Å². The number of hydrogen-bond donors (Lipinski definition) is 15. The molecule has 61 heavy (non-hydrogen) atoms. The molecule has 0 spiro atoms. The number of primary amides is 1. The predicted molar refractivity (Wildman–Crippen MR) is 209 cm³/mol. The third kappa shape index (κ3) is 20.2. The number of carbonyl (C=O) groups excluding carboxylic acids is 9. The van der Waals surface area contributed by atoms with Gasteiger partial charge in [-0.25, -0.2) is 4.79 Å². The Hall–Kier alpha value is -5.99. The number of aliphatic hydroxyl groups excluding tert-OH is 3. The molecule has 0 rings (SSSR count). The Bertz CT molecular complexity index is 1590. The van der Waals surface area contributed by atoms with Crippen LogP contribution in [0.25, 0.3) is 0 Å². The fourth-order valence-corrected chi connectivity index (χ4v) is 5.14. The highest BCUT2D eigenvalue weighted by atomic mass is 16.4. The molecule has 26 nitrogen and oxygen atoms in total. The fourth-order valence-electron chi connectivity index (χ4n) is 5.14. The van der Waals surface area contributed by atoms with E-state index in [1.54, 1.807) is 20.8 Å². The highest BCUT2D eigenvalue weighted by Crippen LogP contribution is 2.10. The van der Waals surface area contributed by atoms with Gasteiger partial charge < -0.3 is 79.5 Å². The van der Waals surface area contributed by atoms with Crippen LogP contribution in [-0.4, -0.2) is 165 Å². The molecule has 0 heterocycles. The van der Waals surface area contributed by atoms with Gasteiger partial charge in [0, 0.05) is 0 Å². The van der Waals surface area contributed by atoms with Gasteiger partial charge in [0.15, 0.2) is 0 Å². The third-order valence-electron chi connectivity index (χ3n) is 8.77. The predicted octanol–water partition coefficient (Wildman–Crippen LogP) is -7.26. The molecule has 0 aromatic rings. The first-order chi connectivity index (χ1) is 28.3. The van der Waals surface area contributed by atoms with Gasteiger partial charge in [-0.3, -0.25) is 47.9 Å². The van der Waals surface area contributed by atoms with Gasteiger partial charge in [0.1, 0.15) is 42.3 Å². The van der Waals surface area contributed by atoms with Gasteiger partial charge in [0.25, 0.3) is 0 Å². The number of amides is 9. The van der Waals surface area contributed by atoms with Gasteiger partial charge in [-0.1, -0.05) is 34.1 Å². The molecule has 0 aromatic heterocycles. The van der Waals surface area contributed by atoms with Crippen LogP contribution in [0.5, 0.6) is 0 Å². The first-order valence-corrected chi connectivity index (χ1v) is 19.1.